The second-order valence-electron chi connectivity index (χ2n) is 5.69. The van der Waals surface area contributed by atoms with Gasteiger partial charge in [-0.3, -0.25) is 4.90 Å². The topological polar surface area (TPSA) is 49.5 Å². The van der Waals surface area contributed by atoms with Gasteiger partial charge in [0.2, 0.25) is 0 Å². The monoisotopic (exact) mass is 318 g/mol. The minimum Gasteiger partial charge on any atom is -0.399 e. The predicted octanol–water partition coefficient (Wildman–Crippen LogP) is 3.17. The van der Waals surface area contributed by atoms with Crippen LogP contribution in [0.4, 0.5) is 5.69 Å². The molecule has 22 heavy (non-hydrogen) atoms. The highest BCUT2D eigenvalue weighted by Crippen LogP contribution is 2.36. The first-order chi connectivity index (χ1) is 10.3. The van der Waals surface area contributed by atoms with Crippen molar-refractivity contribution in [2.45, 2.75) is 25.4 Å². The van der Waals surface area contributed by atoms with E-state index in [1.165, 1.54) is 16.7 Å². The Labute approximate surface area is 138 Å². The summed E-state index contributed by atoms with van der Waals surface area (Å²) in [6, 6.07) is 17.1. The molecule has 3 N–H and O–H groups in total. The Balaban J connectivity index is 0.00000176. The summed E-state index contributed by atoms with van der Waals surface area (Å²) in [5.74, 6) is 0. The molecule has 1 aliphatic rings. The molecule has 1 atom stereocenters. The summed E-state index contributed by atoms with van der Waals surface area (Å²) in [6.07, 6.45) is 2.25. The lowest BCUT2D eigenvalue weighted by Crippen LogP contribution is -2.30. The van der Waals surface area contributed by atoms with Crippen LogP contribution in [0.5, 0.6) is 0 Å². The molecule has 4 heteroatoms. The quantitative estimate of drug-likeness (QED) is 0.833. The SMILES string of the molecule is Cl.Nc1cccc(CN(CCO)C2CCc3ccccc32)c1. The maximum absolute atomic E-state index is 9.41. The van der Waals surface area contributed by atoms with Gasteiger partial charge < -0.3 is 10.8 Å². The van der Waals surface area contributed by atoms with Crippen molar-refractivity contribution < 1.29 is 5.11 Å². The molecule has 118 valence electrons. The molecule has 0 aliphatic heterocycles. The van der Waals surface area contributed by atoms with E-state index < -0.39 is 0 Å². The van der Waals surface area contributed by atoms with Gasteiger partial charge in [0.25, 0.3) is 0 Å². The number of anilines is 1. The Morgan fingerprint density at radius 3 is 2.73 bits per heavy atom. The summed E-state index contributed by atoms with van der Waals surface area (Å²) in [5, 5.41) is 9.41. The molecule has 0 saturated heterocycles. The van der Waals surface area contributed by atoms with E-state index in [1.54, 1.807) is 0 Å². The van der Waals surface area contributed by atoms with E-state index >= 15 is 0 Å². The van der Waals surface area contributed by atoms with Crippen LogP contribution >= 0.6 is 12.4 Å². The molecule has 0 radical (unpaired) electrons. The Morgan fingerprint density at radius 1 is 1.14 bits per heavy atom. The zero-order chi connectivity index (χ0) is 14.7. The van der Waals surface area contributed by atoms with Crippen LogP contribution in [0.2, 0.25) is 0 Å². The minimum atomic E-state index is 0. The number of rotatable bonds is 5. The molecule has 0 aromatic heterocycles. The van der Waals surface area contributed by atoms with Crippen LogP contribution in [0, 0.1) is 0 Å². The first kappa shape index (κ1) is 16.8. The second kappa shape index (κ2) is 7.63. The third-order valence-electron chi connectivity index (χ3n) is 4.27. The van der Waals surface area contributed by atoms with Gasteiger partial charge in [0.1, 0.15) is 0 Å². The summed E-state index contributed by atoms with van der Waals surface area (Å²) in [5.41, 5.74) is 10.7. The van der Waals surface area contributed by atoms with Crippen molar-refractivity contribution in [3.63, 3.8) is 0 Å². The van der Waals surface area contributed by atoms with Crippen molar-refractivity contribution in [1.82, 2.24) is 4.90 Å². The lowest BCUT2D eigenvalue weighted by molar-refractivity contribution is 0.143. The number of nitrogens with two attached hydrogens (primary N) is 1. The Kier molecular flexibility index (Phi) is 5.83. The molecule has 1 unspecified atom stereocenters. The number of fused-ring (bicyclic) bond motifs is 1. The normalized spacial score (nSPS) is 16.4. The van der Waals surface area contributed by atoms with Crippen LogP contribution in [-0.2, 0) is 13.0 Å². The van der Waals surface area contributed by atoms with Crippen LogP contribution < -0.4 is 5.73 Å². The number of aryl methyl sites for hydroxylation is 1. The standard InChI is InChI=1S/C18H22N2O.ClH/c19-16-6-3-4-14(12-16)13-20(10-11-21)18-9-8-15-5-1-2-7-17(15)18;/h1-7,12,18,21H,8-11,13,19H2;1H. The average molecular weight is 319 g/mol. The summed E-state index contributed by atoms with van der Waals surface area (Å²) >= 11 is 0. The summed E-state index contributed by atoms with van der Waals surface area (Å²) < 4.78 is 0. The van der Waals surface area contributed by atoms with E-state index in [0.29, 0.717) is 12.6 Å². The fourth-order valence-electron chi connectivity index (χ4n) is 3.31. The van der Waals surface area contributed by atoms with Gasteiger partial charge in [-0.05, 0) is 41.7 Å². The third kappa shape index (κ3) is 3.61. The van der Waals surface area contributed by atoms with Gasteiger partial charge >= 0.3 is 0 Å². The highest BCUT2D eigenvalue weighted by molar-refractivity contribution is 5.85. The smallest absolute Gasteiger partial charge is 0.0558 e. The van der Waals surface area contributed by atoms with Crippen molar-refractivity contribution in [1.29, 1.82) is 0 Å². The molecule has 0 amide bonds. The predicted molar refractivity (Wildman–Crippen MR) is 93.1 cm³/mol. The van der Waals surface area contributed by atoms with E-state index in [1.807, 2.05) is 18.2 Å². The zero-order valence-corrected chi connectivity index (χ0v) is 13.4. The molecule has 0 saturated carbocycles. The van der Waals surface area contributed by atoms with Crippen molar-refractivity contribution in [3.8, 4) is 0 Å². The highest BCUT2D eigenvalue weighted by Gasteiger charge is 2.27. The number of hydrogen-bond acceptors (Lipinski definition) is 3. The highest BCUT2D eigenvalue weighted by atomic mass is 35.5. The molecule has 3 rings (SSSR count). The minimum absolute atomic E-state index is 0. The van der Waals surface area contributed by atoms with Crippen molar-refractivity contribution in [2.24, 2.45) is 0 Å². The average Bonchev–Trinajstić information content (AvgIpc) is 2.91. The lowest BCUT2D eigenvalue weighted by atomic mass is 10.1. The Hall–Kier alpha value is -1.55. The van der Waals surface area contributed by atoms with Gasteiger partial charge in [0.15, 0.2) is 0 Å². The molecule has 2 aromatic carbocycles. The fourth-order valence-corrected chi connectivity index (χ4v) is 3.31. The van der Waals surface area contributed by atoms with Gasteiger partial charge in [0, 0.05) is 24.8 Å². The van der Waals surface area contributed by atoms with Crippen molar-refractivity contribution in [3.05, 3.63) is 65.2 Å². The summed E-state index contributed by atoms with van der Waals surface area (Å²) in [6.45, 7) is 1.69. The molecular formula is C18H23ClN2O. The van der Waals surface area contributed by atoms with Crippen molar-refractivity contribution >= 4 is 18.1 Å². The second-order valence-corrected chi connectivity index (χ2v) is 5.69. The van der Waals surface area contributed by atoms with Gasteiger partial charge in [0.05, 0.1) is 6.61 Å². The first-order valence-corrected chi connectivity index (χ1v) is 7.55. The van der Waals surface area contributed by atoms with Crippen molar-refractivity contribution in [2.75, 3.05) is 18.9 Å². The summed E-state index contributed by atoms with van der Waals surface area (Å²) in [7, 11) is 0. The maximum atomic E-state index is 9.41. The zero-order valence-electron chi connectivity index (χ0n) is 12.6. The molecule has 0 bridgehead atoms. The number of nitrogens with zero attached hydrogens (tertiary/aromatic N) is 1. The third-order valence-corrected chi connectivity index (χ3v) is 4.27. The van der Waals surface area contributed by atoms with Crippen LogP contribution in [0.25, 0.3) is 0 Å². The molecule has 0 heterocycles. The number of aliphatic hydroxyl groups excluding tert-OH is 1. The molecule has 0 spiro atoms. The number of hydrogen-bond donors (Lipinski definition) is 2. The molecule has 0 fully saturated rings. The number of halogens is 1. The molecular weight excluding hydrogens is 296 g/mol. The molecule has 2 aromatic rings. The van der Waals surface area contributed by atoms with Gasteiger partial charge in [-0.15, -0.1) is 12.4 Å². The molecule has 1 aliphatic carbocycles. The van der Waals surface area contributed by atoms with Crippen LogP contribution in [0.3, 0.4) is 0 Å². The summed E-state index contributed by atoms with van der Waals surface area (Å²) in [4.78, 5) is 2.36. The fraction of sp³-hybridized carbons (Fsp3) is 0.333. The van der Waals surface area contributed by atoms with E-state index in [4.69, 9.17) is 5.73 Å². The van der Waals surface area contributed by atoms with E-state index in [2.05, 4.69) is 35.2 Å². The van der Waals surface area contributed by atoms with Crippen LogP contribution in [0.15, 0.2) is 48.5 Å². The van der Waals surface area contributed by atoms with E-state index in [0.717, 1.165) is 25.1 Å². The Bertz CT molecular complexity index is 618. The number of benzene rings is 2. The van der Waals surface area contributed by atoms with Crippen LogP contribution in [0.1, 0.15) is 29.2 Å². The number of aliphatic hydroxyl groups is 1. The Morgan fingerprint density at radius 2 is 1.95 bits per heavy atom. The maximum Gasteiger partial charge on any atom is 0.0558 e. The largest absolute Gasteiger partial charge is 0.399 e. The first-order valence-electron chi connectivity index (χ1n) is 7.55. The number of nitrogen functional groups attached to an aromatic ring is 1. The van der Waals surface area contributed by atoms with Gasteiger partial charge in [-0.1, -0.05) is 36.4 Å². The van der Waals surface area contributed by atoms with Crippen LogP contribution in [-0.4, -0.2) is 23.2 Å². The lowest BCUT2D eigenvalue weighted by Gasteiger charge is -2.29. The van der Waals surface area contributed by atoms with Gasteiger partial charge in [-0.2, -0.15) is 0 Å². The van der Waals surface area contributed by atoms with Gasteiger partial charge in [-0.25, -0.2) is 0 Å². The van der Waals surface area contributed by atoms with E-state index in [-0.39, 0.29) is 19.0 Å². The molecule has 3 nitrogen and oxygen atoms in total. The van der Waals surface area contributed by atoms with E-state index in [9.17, 15) is 5.11 Å².